The molecule has 25 heavy (non-hydrogen) atoms. The first-order valence-corrected chi connectivity index (χ1v) is 9.74. The standard InChI is InChI=1S/C21H36N4/c1-16(2)25-11-7-9-19(15-25)14-24-21(22-5)23-13-18(4)20-10-6-8-17(3)12-20/h6,8,10,12,16,18-19H,7,9,11,13-15H2,1-5H3,(H2,22,23,24). The second kappa shape index (κ2) is 9.81. The van der Waals surface area contributed by atoms with Crippen molar-refractivity contribution < 1.29 is 0 Å². The molecule has 0 aromatic heterocycles. The lowest BCUT2D eigenvalue weighted by molar-refractivity contribution is 0.141. The van der Waals surface area contributed by atoms with Crippen LogP contribution in [0, 0.1) is 12.8 Å². The second-order valence-electron chi connectivity index (χ2n) is 7.75. The number of hydrogen-bond acceptors (Lipinski definition) is 2. The van der Waals surface area contributed by atoms with Gasteiger partial charge in [-0.25, -0.2) is 0 Å². The van der Waals surface area contributed by atoms with E-state index >= 15 is 0 Å². The van der Waals surface area contributed by atoms with Crippen LogP contribution in [0.3, 0.4) is 0 Å². The van der Waals surface area contributed by atoms with Gasteiger partial charge in [0.2, 0.25) is 0 Å². The first kappa shape index (κ1) is 19.8. The first-order valence-electron chi connectivity index (χ1n) is 9.74. The normalized spacial score (nSPS) is 20.6. The number of nitrogens with zero attached hydrogens (tertiary/aromatic N) is 2. The molecule has 1 aromatic carbocycles. The van der Waals surface area contributed by atoms with Crippen molar-refractivity contribution in [3.8, 4) is 0 Å². The van der Waals surface area contributed by atoms with Crippen LogP contribution in [0.2, 0.25) is 0 Å². The van der Waals surface area contributed by atoms with Crippen molar-refractivity contribution >= 4 is 5.96 Å². The van der Waals surface area contributed by atoms with E-state index in [0.29, 0.717) is 17.9 Å². The number of hydrogen-bond donors (Lipinski definition) is 2. The molecule has 4 nitrogen and oxygen atoms in total. The number of rotatable bonds is 6. The average Bonchev–Trinajstić information content (AvgIpc) is 2.61. The van der Waals surface area contributed by atoms with E-state index in [4.69, 9.17) is 0 Å². The summed E-state index contributed by atoms with van der Waals surface area (Å²) in [7, 11) is 1.86. The van der Waals surface area contributed by atoms with Crippen LogP contribution in [-0.4, -0.2) is 50.1 Å². The number of aliphatic imine (C=N–C) groups is 1. The van der Waals surface area contributed by atoms with Crippen LogP contribution in [0.15, 0.2) is 29.3 Å². The SMILES string of the molecule is CN=C(NCC1CCCN(C(C)C)C1)NCC(C)c1cccc(C)c1. The minimum absolute atomic E-state index is 0.463. The number of piperidine rings is 1. The van der Waals surface area contributed by atoms with E-state index in [-0.39, 0.29) is 0 Å². The lowest BCUT2D eigenvalue weighted by Gasteiger charge is -2.35. The molecule has 1 aliphatic heterocycles. The number of guanidine groups is 1. The second-order valence-corrected chi connectivity index (χ2v) is 7.75. The number of benzene rings is 1. The van der Waals surface area contributed by atoms with Gasteiger partial charge < -0.3 is 15.5 Å². The number of aryl methyl sites for hydroxylation is 1. The van der Waals surface area contributed by atoms with E-state index in [0.717, 1.165) is 19.0 Å². The van der Waals surface area contributed by atoms with Gasteiger partial charge in [-0.15, -0.1) is 0 Å². The Balaban J connectivity index is 1.77. The molecule has 1 fully saturated rings. The molecule has 1 saturated heterocycles. The molecule has 2 rings (SSSR count). The van der Waals surface area contributed by atoms with Crippen molar-refractivity contribution in [3.63, 3.8) is 0 Å². The predicted octanol–water partition coefficient (Wildman–Crippen LogP) is 3.38. The predicted molar refractivity (Wildman–Crippen MR) is 108 cm³/mol. The number of likely N-dealkylation sites (tertiary alicyclic amines) is 1. The molecule has 0 aliphatic carbocycles. The minimum atomic E-state index is 0.463. The molecule has 2 atom stereocenters. The third kappa shape index (κ3) is 6.35. The van der Waals surface area contributed by atoms with Gasteiger partial charge >= 0.3 is 0 Å². The molecule has 0 saturated carbocycles. The van der Waals surface area contributed by atoms with Crippen LogP contribution >= 0.6 is 0 Å². The maximum atomic E-state index is 4.39. The molecule has 0 radical (unpaired) electrons. The zero-order valence-corrected chi connectivity index (χ0v) is 16.7. The summed E-state index contributed by atoms with van der Waals surface area (Å²) < 4.78 is 0. The summed E-state index contributed by atoms with van der Waals surface area (Å²) in [4.78, 5) is 6.98. The summed E-state index contributed by atoms with van der Waals surface area (Å²) in [6, 6.07) is 9.41. The van der Waals surface area contributed by atoms with Crippen LogP contribution in [0.25, 0.3) is 0 Å². The van der Waals surface area contributed by atoms with Gasteiger partial charge in [0.25, 0.3) is 0 Å². The largest absolute Gasteiger partial charge is 0.356 e. The van der Waals surface area contributed by atoms with Gasteiger partial charge in [-0.2, -0.15) is 0 Å². The summed E-state index contributed by atoms with van der Waals surface area (Å²) in [5.41, 5.74) is 2.70. The molecule has 0 bridgehead atoms. The number of nitrogens with one attached hydrogen (secondary N) is 2. The fourth-order valence-corrected chi connectivity index (χ4v) is 3.54. The monoisotopic (exact) mass is 344 g/mol. The Morgan fingerprint density at radius 2 is 2.08 bits per heavy atom. The topological polar surface area (TPSA) is 39.7 Å². The fourth-order valence-electron chi connectivity index (χ4n) is 3.54. The van der Waals surface area contributed by atoms with Gasteiger partial charge in [-0.05, 0) is 57.6 Å². The first-order chi connectivity index (χ1) is 12.0. The lowest BCUT2D eigenvalue weighted by Crippen LogP contribution is -2.46. The molecule has 4 heteroatoms. The Bertz CT molecular complexity index is 553. The highest BCUT2D eigenvalue weighted by Gasteiger charge is 2.21. The highest BCUT2D eigenvalue weighted by molar-refractivity contribution is 5.79. The average molecular weight is 345 g/mol. The van der Waals surface area contributed by atoms with Gasteiger partial charge in [0.1, 0.15) is 0 Å². The summed E-state index contributed by atoms with van der Waals surface area (Å²) in [6.07, 6.45) is 2.62. The maximum absolute atomic E-state index is 4.39. The smallest absolute Gasteiger partial charge is 0.191 e. The summed E-state index contributed by atoms with van der Waals surface area (Å²) in [5, 5.41) is 7.02. The van der Waals surface area contributed by atoms with Crippen molar-refractivity contribution in [2.75, 3.05) is 33.2 Å². The maximum Gasteiger partial charge on any atom is 0.191 e. The highest BCUT2D eigenvalue weighted by Crippen LogP contribution is 2.18. The zero-order chi connectivity index (χ0) is 18.2. The van der Waals surface area contributed by atoms with E-state index in [2.05, 4.69) is 72.5 Å². The van der Waals surface area contributed by atoms with Crippen LogP contribution in [-0.2, 0) is 0 Å². The van der Waals surface area contributed by atoms with Gasteiger partial charge in [0.15, 0.2) is 5.96 Å². The Morgan fingerprint density at radius 1 is 1.28 bits per heavy atom. The van der Waals surface area contributed by atoms with Crippen LogP contribution in [0.1, 0.15) is 50.7 Å². The zero-order valence-electron chi connectivity index (χ0n) is 16.7. The van der Waals surface area contributed by atoms with E-state index in [9.17, 15) is 0 Å². The minimum Gasteiger partial charge on any atom is -0.356 e. The summed E-state index contributed by atoms with van der Waals surface area (Å²) >= 11 is 0. The summed E-state index contributed by atoms with van der Waals surface area (Å²) in [5.74, 6) is 2.09. The van der Waals surface area contributed by atoms with E-state index in [1.165, 1.54) is 37.1 Å². The summed E-state index contributed by atoms with van der Waals surface area (Å²) in [6.45, 7) is 13.3. The van der Waals surface area contributed by atoms with E-state index in [1.54, 1.807) is 0 Å². The molecule has 2 N–H and O–H groups in total. The fraction of sp³-hybridized carbons (Fsp3) is 0.667. The van der Waals surface area contributed by atoms with Crippen molar-refractivity contribution in [1.82, 2.24) is 15.5 Å². The molecule has 1 heterocycles. The molecular formula is C21H36N4. The lowest BCUT2D eigenvalue weighted by atomic mass is 9.97. The molecule has 0 amide bonds. The van der Waals surface area contributed by atoms with E-state index < -0.39 is 0 Å². The molecule has 140 valence electrons. The molecule has 0 spiro atoms. The third-order valence-corrected chi connectivity index (χ3v) is 5.25. The highest BCUT2D eigenvalue weighted by atomic mass is 15.2. The van der Waals surface area contributed by atoms with Crippen LogP contribution in [0.5, 0.6) is 0 Å². The van der Waals surface area contributed by atoms with Gasteiger partial charge in [-0.3, -0.25) is 4.99 Å². The van der Waals surface area contributed by atoms with Crippen molar-refractivity contribution in [3.05, 3.63) is 35.4 Å². The van der Waals surface area contributed by atoms with E-state index in [1.807, 2.05) is 7.05 Å². The van der Waals surface area contributed by atoms with Gasteiger partial charge in [0.05, 0.1) is 0 Å². The Morgan fingerprint density at radius 3 is 2.76 bits per heavy atom. The van der Waals surface area contributed by atoms with Crippen LogP contribution < -0.4 is 10.6 Å². The molecule has 1 aromatic rings. The van der Waals surface area contributed by atoms with Gasteiger partial charge in [0, 0.05) is 32.7 Å². The quantitative estimate of drug-likeness (QED) is 0.614. The molecular weight excluding hydrogens is 308 g/mol. The van der Waals surface area contributed by atoms with Crippen LogP contribution in [0.4, 0.5) is 0 Å². The third-order valence-electron chi connectivity index (χ3n) is 5.25. The Kier molecular flexibility index (Phi) is 7.76. The van der Waals surface area contributed by atoms with Crippen molar-refractivity contribution in [1.29, 1.82) is 0 Å². The Hall–Kier alpha value is -1.55. The molecule has 1 aliphatic rings. The van der Waals surface area contributed by atoms with Gasteiger partial charge in [-0.1, -0.05) is 36.8 Å². The Labute approximate surface area is 154 Å². The van der Waals surface area contributed by atoms with Crippen molar-refractivity contribution in [2.45, 2.75) is 52.5 Å². The molecule has 2 unspecified atom stereocenters. The van der Waals surface area contributed by atoms with Crippen molar-refractivity contribution in [2.24, 2.45) is 10.9 Å².